The fraction of sp³-hybridized carbons (Fsp3) is 0.529. The Morgan fingerprint density at radius 1 is 1.26 bits per heavy atom. The number of hydrogen-bond acceptors (Lipinski definition) is 4. The summed E-state index contributed by atoms with van der Waals surface area (Å²) in [5, 5.41) is 8.91. The van der Waals surface area contributed by atoms with Crippen LogP contribution in [0.1, 0.15) is 30.5 Å². The fourth-order valence-electron chi connectivity index (χ4n) is 2.64. The van der Waals surface area contributed by atoms with Gasteiger partial charge in [-0.05, 0) is 22.6 Å². The number of nitrogens with one attached hydrogen (secondary N) is 3. The summed E-state index contributed by atoms with van der Waals surface area (Å²) < 4.78 is 4.79. The van der Waals surface area contributed by atoms with Crippen molar-refractivity contribution in [2.45, 2.75) is 39.5 Å². The predicted molar refractivity (Wildman–Crippen MR) is 87.5 cm³/mol. The van der Waals surface area contributed by atoms with Gasteiger partial charge in [-0.2, -0.15) is 0 Å². The summed E-state index contributed by atoms with van der Waals surface area (Å²) >= 11 is 0. The number of amides is 2. The number of ether oxygens (including phenoxy) is 1. The molecular formula is C17H25N3O3. The third-order valence-electron chi connectivity index (χ3n) is 3.91. The Labute approximate surface area is 137 Å². The predicted octanol–water partition coefficient (Wildman–Crippen LogP) is 0.693. The van der Waals surface area contributed by atoms with Crippen LogP contribution in [-0.2, 0) is 34.0 Å². The van der Waals surface area contributed by atoms with Crippen molar-refractivity contribution in [1.82, 2.24) is 16.0 Å². The van der Waals surface area contributed by atoms with Crippen molar-refractivity contribution in [3.8, 4) is 0 Å². The van der Waals surface area contributed by atoms with Crippen molar-refractivity contribution >= 4 is 11.8 Å². The molecule has 0 aliphatic carbocycles. The van der Waals surface area contributed by atoms with Crippen molar-refractivity contribution in [1.29, 1.82) is 0 Å². The Balaban J connectivity index is 1.92. The first-order valence-corrected chi connectivity index (χ1v) is 7.88. The third-order valence-corrected chi connectivity index (χ3v) is 3.91. The smallest absolute Gasteiger partial charge is 0.246 e. The highest BCUT2D eigenvalue weighted by Crippen LogP contribution is 2.17. The van der Waals surface area contributed by atoms with Crippen molar-refractivity contribution in [3.63, 3.8) is 0 Å². The molecule has 0 saturated heterocycles. The second-order valence-electron chi connectivity index (χ2n) is 6.15. The van der Waals surface area contributed by atoms with Gasteiger partial charge < -0.3 is 20.7 Å². The third kappa shape index (κ3) is 4.77. The zero-order valence-electron chi connectivity index (χ0n) is 13.9. The van der Waals surface area contributed by atoms with Gasteiger partial charge in [0.25, 0.3) is 0 Å². The van der Waals surface area contributed by atoms with E-state index in [2.05, 4.69) is 28.1 Å². The lowest BCUT2D eigenvalue weighted by Crippen LogP contribution is -2.50. The average molecular weight is 319 g/mol. The second kappa shape index (κ2) is 8.08. The maximum absolute atomic E-state index is 12.4. The fourth-order valence-corrected chi connectivity index (χ4v) is 2.64. The lowest BCUT2D eigenvalue weighted by Gasteiger charge is -2.21. The quantitative estimate of drug-likeness (QED) is 0.691. The number of carbonyl (C=O) groups is 2. The summed E-state index contributed by atoms with van der Waals surface area (Å²) in [7, 11) is 1.45. The maximum atomic E-state index is 12.4. The minimum atomic E-state index is -0.561. The Bertz CT molecular complexity index is 572. The van der Waals surface area contributed by atoms with Crippen LogP contribution in [0.4, 0.5) is 0 Å². The van der Waals surface area contributed by atoms with Crippen LogP contribution in [0.5, 0.6) is 0 Å². The zero-order chi connectivity index (χ0) is 16.8. The summed E-state index contributed by atoms with van der Waals surface area (Å²) in [6.45, 7) is 5.99. The Hall–Kier alpha value is -1.92. The van der Waals surface area contributed by atoms with Crippen LogP contribution in [0.3, 0.4) is 0 Å². The molecule has 3 N–H and O–H groups in total. The molecule has 1 aromatic rings. The van der Waals surface area contributed by atoms with Gasteiger partial charge in [-0.15, -0.1) is 0 Å². The molecule has 0 saturated carbocycles. The molecule has 1 aliphatic rings. The van der Waals surface area contributed by atoms with Crippen LogP contribution in [0.2, 0.25) is 0 Å². The van der Waals surface area contributed by atoms with Crippen molar-refractivity contribution < 1.29 is 14.3 Å². The summed E-state index contributed by atoms with van der Waals surface area (Å²) in [6.07, 6.45) is 0. The highest BCUT2D eigenvalue weighted by atomic mass is 16.5. The molecular weight excluding hydrogens is 294 g/mol. The van der Waals surface area contributed by atoms with E-state index in [1.807, 2.05) is 19.9 Å². The summed E-state index contributed by atoms with van der Waals surface area (Å²) in [4.78, 5) is 24.0. The summed E-state index contributed by atoms with van der Waals surface area (Å²) in [5.74, 6) is -0.465. The zero-order valence-corrected chi connectivity index (χ0v) is 13.9. The molecule has 0 spiro atoms. The van der Waals surface area contributed by atoms with E-state index in [0.29, 0.717) is 6.54 Å². The van der Waals surface area contributed by atoms with Crippen molar-refractivity contribution in [3.05, 3.63) is 34.9 Å². The Morgan fingerprint density at radius 2 is 2.00 bits per heavy atom. The highest BCUT2D eigenvalue weighted by Gasteiger charge is 2.23. The van der Waals surface area contributed by atoms with Gasteiger partial charge in [-0.3, -0.25) is 9.59 Å². The van der Waals surface area contributed by atoms with E-state index in [1.54, 1.807) is 0 Å². The Morgan fingerprint density at radius 3 is 2.70 bits per heavy atom. The topological polar surface area (TPSA) is 79.5 Å². The molecule has 0 fully saturated rings. The molecule has 2 amide bonds. The molecule has 1 atom stereocenters. The van der Waals surface area contributed by atoms with Crippen LogP contribution in [0.15, 0.2) is 18.2 Å². The highest BCUT2D eigenvalue weighted by molar-refractivity contribution is 5.88. The molecule has 6 nitrogen and oxygen atoms in total. The summed E-state index contributed by atoms with van der Waals surface area (Å²) in [5.41, 5.74) is 3.66. The van der Waals surface area contributed by atoms with Crippen molar-refractivity contribution in [2.24, 2.45) is 5.92 Å². The summed E-state index contributed by atoms with van der Waals surface area (Å²) in [6, 6.07) is 5.68. The van der Waals surface area contributed by atoms with E-state index in [1.165, 1.54) is 18.2 Å². The minimum absolute atomic E-state index is 0.0000247. The first kappa shape index (κ1) is 17.4. The van der Waals surface area contributed by atoms with Gasteiger partial charge in [0, 0.05) is 26.7 Å². The van der Waals surface area contributed by atoms with E-state index in [-0.39, 0.29) is 24.3 Å². The van der Waals surface area contributed by atoms with Gasteiger partial charge in [0.15, 0.2) is 0 Å². The molecule has 0 unspecified atom stereocenters. The molecule has 0 radical (unpaired) electrons. The lowest BCUT2D eigenvalue weighted by molar-refractivity contribution is -0.132. The number of hydrogen-bond donors (Lipinski definition) is 3. The maximum Gasteiger partial charge on any atom is 0.246 e. The molecule has 1 heterocycles. The average Bonchev–Trinajstić information content (AvgIpc) is 2.97. The molecule has 1 aliphatic heterocycles. The molecule has 2 rings (SSSR count). The van der Waals surface area contributed by atoms with Crippen LogP contribution < -0.4 is 16.0 Å². The first-order chi connectivity index (χ1) is 11.0. The Kier molecular flexibility index (Phi) is 6.12. The van der Waals surface area contributed by atoms with Gasteiger partial charge >= 0.3 is 0 Å². The van der Waals surface area contributed by atoms with E-state index < -0.39 is 6.04 Å². The monoisotopic (exact) mass is 319 g/mol. The van der Waals surface area contributed by atoms with Gasteiger partial charge in [0.2, 0.25) is 11.8 Å². The number of fused-ring (bicyclic) bond motifs is 1. The van der Waals surface area contributed by atoms with E-state index in [0.717, 1.165) is 18.7 Å². The van der Waals surface area contributed by atoms with E-state index in [9.17, 15) is 9.59 Å². The molecule has 126 valence electrons. The van der Waals surface area contributed by atoms with Crippen LogP contribution >= 0.6 is 0 Å². The van der Waals surface area contributed by atoms with Crippen molar-refractivity contribution in [2.75, 3.05) is 13.7 Å². The molecule has 6 heteroatoms. The molecule has 23 heavy (non-hydrogen) atoms. The SMILES string of the molecule is COCC(=O)N[C@H](C(=O)NCc1ccc2c(c1)CNC2)C(C)C. The van der Waals surface area contributed by atoms with Gasteiger partial charge in [0.05, 0.1) is 0 Å². The molecule has 0 aromatic heterocycles. The van der Waals surface area contributed by atoms with Crippen LogP contribution in [-0.4, -0.2) is 31.6 Å². The van der Waals surface area contributed by atoms with E-state index >= 15 is 0 Å². The molecule has 0 bridgehead atoms. The molecule has 1 aromatic carbocycles. The second-order valence-corrected chi connectivity index (χ2v) is 6.15. The van der Waals surface area contributed by atoms with Gasteiger partial charge in [-0.25, -0.2) is 0 Å². The first-order valence-electron chi connectivity index (χ1n) is 7.88. The lowest BCUT2D eigenvalue weighted by atomic mass is 10.0. The van der Waals surface area contributed by atoms with Crippen LogP contribution in [0, 0.1) is 5.92 Å². The number of benzene rings is 1. The van der Waals surface area contributed by atoms with E-state index in [4.69, 9.17) is 4.74 Å². The number of methoxy groups -OCH3 is 1. The van der Waals surface area contributed by atoms with Gasteiger partial charge in [-0.1, -0.05) is 32.0 Å². The standard InChI is InChI=1S/C17H25N3O3/c1-11(2)16(20-15(21)10-23-3)17(22)19-7-12-4-5-13-8-18-9-14(13)6-12/h4-6,11,16,18H,7-10H2,1-3H3,(H,19,22)(H,20,21)/t16-/m0/s1. The number of rotatable bonds is 7. The largest absolute Gasteiger partial charge is 0.375 e. The number of carbonyl (C=O) groups excluding carboxylic acids is 2. The minimum Gasteiger partial charge on any atom is -0.375 e. The normalized spacial score (nSPS) is 14.4. The van der Waals surface area contributed by atoms with Crippen LogP contribution in [0.25, 0.3) is 0 Å². The van der Waals surface area contributed by atoms with Gasteiger partial charge in [0.1, 0.15) is 12.6 Å².